The van der Waals surface area contributed by atoms with Crippen molar-refractivity contribution >= 4 is 17.5 Å². The van der Waals surface area contributed by atoms with Crippen molar-refractivity contribution in [2.75, 3.05) is 6.61 Å². The fraction of sp³-hybridized carbons (Fsp3) is 0.182. The maximum absolute atomic E-state index is 7.26. The van der Waals surface area contributed by atoms with Crippen LogP contribution in [0.5, 0.6) is 0 Å². The van der Waals surface area contributed by atoms with Gasteiger partial charge in [-0.05, 0) is 37.1 Å². The Morgan fingerprint density at radius 3 is 2.64 bits per heavy atom. The van der Waals surface area contributed by atoms with Gasteiger partial charge >= 0.3 is 0 Å². The van der Waals surface area contributed by atoms with E-state index in [-0.39, 0.29) is 5.90 Å². The molecule has 0 unspecified atom stereocenters. The first-order chi connectivity index (χ1) is 6.72. The first-order valence-electron chi connectivity index (χ1n) is 4.21. The Balaban J connectivity index is 2.68. The summed E-state index contributed by atoms with van der Waals surface area (Å²) in [6.45, 7) is 2.28. The van der Waals surface area contributed by atoms with E-state index < -0.39 is 0 Å². The summed E-state index contributed by atoms with van der Waals surface area (Å²) < 4.78 is 4.87. The molecule has 0 aliphatic carbocycles. The molecule has 0 saturated carbocycles. The highest BCUT2D eigenvalue weighted by atomic mass is 35.5. The Morgan fingerprint density at radius 1 is 1.43 bits per heavy atom. The molecule has 0 atom stereocenters. The molecule has 14 heavy (non-hydrogen) atoms. The smallest absolute Gasteiger partial charge is 0.260 e. The van der Waals surface area contributed by atoms with E-state index in [1.807, 2.05) is 6.92 Å². The Bertz CT molecular complexity index is 373. The van der Waals surface area contributed by atoms with E-state index in [4.69, 9.17) is 21.7 Å². The standard InChI is InChI=1S/C11H10ClNO/c1-2-14-11(13)8-5-9-3-6-10(12)7-4-9/h3-4,6-7,13H,2H2,1H3. The minimum absolute atomic E-state index is 0.0116. The summed E-state index contributed by atoms with van der Waals surface area (Å²) >= 11 is 5.71. The minimum atomic E-state index is -0.0116. The number of hydrogen-bond acceptors (Lipinski definition) is 2. The van der Waals surface area contributed by atoms with Crippen LogP contribution in [-0.4, -0.2) is 12.5 Å². The van der Waals surface area contributed by atoms with Crippen LogP contribution in [0.15, 0.2) is 24.3 Å². The fourth-order valence-electron chi connectivity index (χ4n) is 0.843. The number of rotatable bonds is 1. The van der Waals surface area contributed by atoms with E-state index in [0.29, 0.717) is 11.6 Å². The Hall–Kier alpha value is -1.46. The molecule has 0 aliphatic heterocycles. The van der Waals surface area contributed by atoms with Crippen LogP contribution in [0.1, 0.15) is 12.5 Å². The summed E-state index contributed by atoms with van der Waals surface area (Å²) in [5.41, 5.74) is 0.818. The predicted molar refractivity (Wildman–Crippen MR) is 57.7 cm³/mol. The van der Waals surface area contributed by atoms with Gasteiger partial charge in [-0.15, -0.1) is 0 Å². The van der Waals surface area contributed by atoms with Gasteiger partial charge in [-0.2, -0.15) is 0 Å². The molecule has 0 fully saturated rings. The third kappa shape index (κ3) is 3.51. The molecule has 0 bridgehead atoms. The molecule has 72 valence electrons. The molecule has 0 aliphatic rings. The number of benzene rings is 1. The van der Waals surface area contributed by atoms with Crippen molar-refractivity contribution in [3.63, 3.8) is 0 Å². The zero-order valence-corrected chi connectivity index (χ0v) is 8.56. The molecular weight excluding hydrogens is 198 g/mol. The van der Waals surface area contributed by atoms with Crippen molar-refractivity contribution in [2.45, 2.75) is 6.92 Å². The molecule has 1 aromatic carbocycles. The van der Waals surface area contributed by atoms with E-state index in [9.17, 15) is 0 Å². The quantitative estimate of drug-likeness (QED) is 0.429. The highest BCUT2D eigenvalue weighted by Crippen LogP contribution is 2.08. The van der Waals surface area contributed by atoms with Gasteiger partial charge in [0.1, 0.15) is 0 Å². The molecule has 3 heteroatoms. The van der Waals surface area contributed by atoms with E-state index in [0.717, 1.165) is 5.56 Å². The molecule has 0 saturated heterocycles. The maximum Gasteiger partial charge on any atom is 0.260 e. The van der Waals surface area contributed by atoms with Gasteiger partial charge in [-0.25, -0.2) is 0 Å². The van der Waals surface area contributed by atoms with Gasteiger partial charge in [-0.3, -0.25) is 5.41 Å². The molecule has 1 rings (SSSR count). The minimum Gasteiger partial charge on any atom is -0.472 e. The number of halogens is 1. The van der Waals surface area contributed by atoms with E-state index >= 15 is 0 Å². The Kier molecular flexibility index (Phi) is 4.03. The summed E-state index contributed by atoms with van der Waals surface area (Å²) in [6, 6.07) is 7.12. The molecule has 0 amide bonds. The zero-order chi connectivity index (χ0) is 10.4. The fourth-order valence-corrected chi connectivity index (χ4v) is 0.969. The molecular formula is C11H10ClNO. The van der Waals surface area contributed by atoms with Crippen molar-refractivity contribution < 1.29 is 4.74 Å². The van der Waals surface area contributed by atoms with Gasteiger partial charge in [0.25, 0.3) is 5.90 Å². The second-order valence-corrected chi connectivity index (χ2v) is 2.96. The molecule has 0 spiro atoms. The molecule has 1 N–H and O–H groups in total. The highest BCUT2D eigenvalue weighted by molar-refractivity contribution is 6.30. The van der Waals surface area contributed by atoms with Crippen LogP contribution in [0.25, 0.3) is 0 Å². The van der Waals surface area contributed by atoms with Crippen molar-refractivity contribution in [1.82, 2.24) is 0 Å². The van der Waals surface area contributed by atoms with E-state index in [1.54, 1.807) is 24.3 Å². The van der Waals surface area contributed by atoms with Crippen molar-refractivity contribution in [1.29, 1.82) is 5.41 Å². The lowest BCUT2D eigenvalue weighted by Gasteiger charge is -1.94. The van der Waals surface area contributed by atoms with Crippen LogP contribution < -0.4 is 0 Å². The van der Waals surface area contributed by atoms with E-state index in [2.05, 4.69) is 11.8 Å². The first-order valence-corrected chi connectivity index (χ1v) is 4.59. The number of nitrogens with one attached hydrogen (secondary N) is 1. The molecule has 2 nitrogen and oxygen atoms in total. The first kappa shape index (κ1) is 10.6. The molecule has 0 heterocycles. The predicted octanol–water partition coefficient (Wildman–Crippen LogP) is 2.71. The van der Waals surface area contributed by atoms with E-state index in [1.165, 1.54) is 0 Å². The summed E-state index contributed by atoms with van der Waals surface area (Å²) in [7, 11) is 0. The van der Waals surface area contributed by atoms with Gasteiger partial charge in [0.15, 0.2) is 0 Å². The lowest BCUT2D eigenvalue weighted by Crippen LogP contribution is -1.98. The summed E-state index contributed by atoms with van der Waals surface area (Å²) in [6.07, 6.45) is 0. The van der Waals surface area contributed by atoms with Crippen LogP contribution in [-0.2, 0) is 4.74 Å². The van der Waals surface area contributed by atoms with Gasteiger partial charge < -0.3 is 4.74 Å². The number of hydrogen-bond donors (Lipinski definition) is 1. The zero-order valence-electron chi connectivity index (χ0n) is 7.80. The van der Waals surface area contributed by atoms with Crippen molar-refractivity contribution in [3.8, 4) is 11.8 Å². The lowest BCUT2D eigenvalue weighted by molar-refractivity contribution is 0.329. The Morgan fingerprint density at radius 2 is 2.07 bits per heavy atom. The van der Waals surface area contributed by atoms with Gasteiger partial charge in [0.05, 0.1) is 6.61 Å². The summed E-state index contributed by atoms with van der Waals surface area (Å²) in [5, 5.41) is 7.93. The highest BCUT2D eigenvalue weighted by Gasteiger charge is 1.89. The van der Waals surface area contributed by atoms with Crippen molar-refractivity contribution in [3.05, 3.63) is 34.9 Å². The number of ether oxygens (including phenoxy) is 1. The normalized spacial score (nSPS) is 8.71. The molecule has 0 aromatic heterocycles. The molecule has 0 radical (unpaired) electrons. The Labute approximate surface area is 88.4 Å². The monoisotopic (exact) mass is 207 g/mol. The summed E-state index contributed by atoms with van der Waals surface area (Å²) in [4.78, 5) is 0. The van der Waals surface area contributed by atoms with Crippen LogP contribution in [0.3, 0.4) is 0 Å². The average Bonchev–Trinajstić information content (AvgIpc) is 2.17. The van der Waals surface area contributed by atoms with Crippen LogP contribution in [0, 0.1) is 17.3 Å². The largest absolute Gasteiger partial charge is 0.472 e. The molecule has 1 aromatic rings. The van der Waals surface area contributed by atoms with Crippen LogP contribution in [0.4, 0.5) is 0 Å². The van der Waals surface area contributed by atoms with Gasteiger partial charge in [0.2, 0.25) is 0 Å². The third-order valence-corrected chi connectivity index (χ3v) is 1.71. The van der Waals surface area contributed by atoms with Crippen LogP contribution in [0.2, 0.25) is 5.02 Å². The van der Waals surface area contributed by atoms with Crippen molar-refractivity contribution in [2.24, 2.45) is 0 Å². The van der Waals surface area contributed by atoms with Gasteiger partial charge in [-0.1, -0.05) is 17.5 Å². The van der Waals surface area contributed by atoms with Gasteiger partial charge in [0, 0.05) is 10.6 Å². The topological polar surface area (TPSA) is 33.1 Å². The summed E-state index contributed by atoms with van der Waals surface area (Å²) in [5.74, 6) is 5.37. The maximum atomic E-state index is 7.26. The van der Waals surface area contributed by atoms with Crippen LogP contribution >= 0.6 is 11.6 Å². The second-order valence-electron chi connectivity index (χ2n) is 2.52. The lowest BCUT2D eigenvalue weighted by atomic mass is 10.2. The third-order valence-electron chi connectivity index (χ3n) is 1.45. The SMILES string of the molecule is CCOC(=N)C#Cc1ccc(Cl)cc1. The average molecular weight is 208 g/mol. The second kappa shape index (κ2) is 5.31.